The number of fused-ring (bicyclic) bond motifs is 2. The van der Waals surface area contributed by atoms with Crippen LogP contribution in [-0.4, -0.2) is 29.9 Å². The van der Waals surface area contributed by atoms with Crippen LogP contribution in [0.4, 0.5) is 0 Å². The third-order valence-corrected chi connectivity index (χ3v) is 4.48. The highest BCUT2D eigenvalue weighted by Gasteiger charge is 2.48. The first-order valence-corrected chi connectivity index (χ1v) is 7.77. The Morgan fingerprint density at radius 2 is 2.19 bits per heavy atom. The van der Waals surface area contributed by atoms with Crippen LogP contribution >= 0.6 is 0 Å². The van der Waals surface area contributed by atoms with Crippen LogP contribution < -0.4 is 0 Å². The number of amides is 1. The Balaban J connectivity index is 1.83. The number of nitrogens with zero attached hydrogens (tertiary/aromatic N) is 1. The fourth-order valence-corrected chi connectivity index (χ4v) is 3.37. The van der Waals surface area contributed by atoms with Gasteiger partial charge in [-0.25, -0.2) is 4.79 Å². The molecule has 21 heavy (non-hydrogen) atoms. The summed E-state index contributed by atoms with van der Waals surface area (Å²) in [6, 6.07) is 7.55. The average Bonchev–Trinajstić information content (AvgIpc) is 2.78. The van der Waals surface area contributed by atoms with Gasteiger partial charge in [-0.2, -0.15) is 0 Å². The van der Waals surface area contributed by atoms with Crippen LogP contribution in [0.1, 0.15) is 54.9 Å². The number of carbonyl (C=O) groups excluding carboxylic acids is 2. The quantitative estimate of drug-likeness (QED) is 0.803. The maximum atomic E-state index is 12.3. The van der Waals surface area contributed by atoms with E-state index in [4.69, 9.17) is 4.74 Å². The molecule has 1 spiro atoms. The zero-order valence-corrected chi connectivity index (χ0v) is 12.4. The van der Waals surface area contributed by atoms with Gasteiger partial charge in [0.15, 0.2) is 5.60 Å². The highest BCUT2D eigenvalue weighted by atomic mass is 16.6. The molecule has 1 fully saturated rings. The second-order valence-corrected chi connectivity index (χ2v) is 5.95. The number of likely N-dealkylation sites (tertiary alicyclic amines) is 1. The van der Waals surface area contributed by atoms with Crippen molar-refractivity contribution in [1.82, 2.24) is 4.90 Å². The fourth-order valence-electron chi connectivity index (χ4n) is 3.37. The molecule has 0 saturated carbocycles. The molecule has 0 radical (unpaired) electrons. The Morgan fingerprint density at radius 1 is 1.38 bits per heavy atom. The molecule has 0 aromatic heterocycles. The van der Waals surface area contributed by atoms with Crippen molar-refractivity contribution in [3.8, 4) is 0 Å². The van der Waals surface area contributed by atoms with E-state index >= 15 is 0 Å². The summed E-state index contributed by atoms with van der Waals surface area (Å²) in [6.45, 7) is 3.35. The summed E-state index contributed by atoms with van der Waals surface area (Å²) in [5.41, 5.74) is 0.983. The lowest BCUT2D eigenvalue weighted by Gasteiger charge is -2.39. The van der Waals surface area contributed by atoms with Crippen LogP contribution in [0.2, 0.25) is 0 Å². The van der Waals surface area contributed by atoms with E-state index in [1.165, 1.54) is 0 Å². The molecule has 3 rings (SSSR count). The summed E-state index contributed by atoms with van der Waals surface area (Å²) in [7, 11) is 0. The highest BCUT2D eigenvalue weighted by Crippen LogP contribution is 2.42. The topological polar surface area (TPSA) is 46.6 Å². The molecule has 1 aromatic carbocycles. The molecule has 4 nitrogen and oxygen atoms in total. The van der Waals surface area contributed by atoms with Gasteiger partial charge < -0.3 is 9.64 Å². The van der Waals surface area contributed by atoms with Crippen molar-refractivity contribution in [3.63, 3.8) is 0 Å². The number of esters is 1. The molecule has 0 aliphatic carbocycles. The van der Waals surface area contributed by atoms with Crippen molar-refractivity contribution >= 4 is 11.9 Å². The summed E-state index contributed by atoms with van der Waals surface area (Å²) in [6.07, 6.45) is 4.19. The van der Waals surface area contributed by atoms with E-state index in [2.05, 4.69) is 6.92 Å². The normalized spacial score (nSPS) is 24.0. The smallest absolute Gasteiger partial charge is 0.339 e. The molecule has 1 saturated heterocycles. The van der Waals surface area contributed by atoms with Gasteiger partial charge in [-0.15, -0.1) is 0 Å². The Labute approximate surface area is 125 Å². The minimum atomic E-state index is -0.617. The van der Waals surface area contributed by atoms with Crippen LogP contribution in [0.25, 0.3) is 0 Å². The van der Waals surface area contributed by atoms with Crippen LogP contribution in [0.5, 0.6) is 0 Å². The third kappa shape index (κ3) is 2.43. The minimum absolute atomic E-state index is 0.177. The first-order valence-electron chi connectivity index (χ1n) is 7.77. The lowest BCUT2D eigenvalue weighted by atomic mass is 9.85. The third-order valence-electron chi connectivity index (χ3n) is 4.48. The van der Waals surface area contributed by atoms with Crippen LogP contribution in [0, 0.1) is 0 Å². The van der Waals surface area contributed by atoms with Crippen molar-refractivity contribution in [2.24, 2.45) is 0 Å². The average molecular weight is 287 g/mol. The predicted octanol–water partition coefficient (Wildman–Crippen LogP) is 2.86. The lowest BCUT2D eigenvalue weighted by molar-refractivity contribution is -0.138. The van der Waals surface area contributed by atoms with Crippen molar-refractivity contribution < 1.29 is 14.3 Å². The van der Waals surface area contributed by atoms with Crippen LogP contribution in [-0.2, 0) is 15.1 Å². The summed E-state index contributed by atoms with van der Waals surface area (Å²) >= 11 is 0. The van der Waals surface area contributed by atoms with E-state index in [0.717, 1.165) is 37.8 Å². The molecule has 1 aromatic rings. The zero-order chi connectivity index (χ0) is 14.9. The van der Waals surface area contributed by atoms with Gasteiger partial charge in [0.05, 0.1) is 12.1 Å². The van der Waals surface area contributed by atoms with Crippen molar-refractivity contribution in [2.75, 3.05) is 13.1 Å². The Bertz CT molecular complexity index is 569. The first-order chi connectivity index (χ1) is 10.2. The molecule has 1 atom stereocenters. The Kier molecular flexibility index (Phi) is 3.70. The monoisotopic (exact) mass is 287 g/mol. The minimum Gasteiger partial charge on any atom is -0.449 e. The number of unbranched alkanes of at least 4 members (excludes halogenated alkanes) is 1. The number of hydrogen-bond acceptors (Lipinski definition) is 3. The number of benzene rings is 1. The second kappa shape index (κ2) is 5.51. The summed E-state index contributed by atoms with van der Waals surface area (Å²) in [5.74, 6) is -0.0789. The van der Waals surface area contributed by atoms with Gasteiger partial charge in [-0.3, -0.25) is 4.79 Å². The van der Waals surface area contributed by atoms with E-state index in [-0.39, 0.29) is 11.9 Å². The van der Waals surface area contributed by atoms with Gasteiger partial charge in [0.1, 0.15) is 0 Å². The van der Waals surface area contributed by atoms with Gasteiger partial charge in [0.25, 0.3) is 0 Å². The van der Waals surface area contributed by atoms with E-state index in [1.807, 2.05) is 29.2 Å². The van der Waals surface area contributed by atoms with Crippen molar-refractivity contribution in [1.29, 1.82) is 0 Å². The van der Waals surface area contributed by atoms with Gasteiger partial charge in [-0.05, 0) is 25.3 Å². The molecular formula is C17H21NO3. The van der Waals surface area contributed by atoms with E-state index in [1.54, 1.807) is 0 Å². The summed E-state index contributed by atoms with van der Waals surface area (Å²) in [4.78, 5) is 26.2. The molecule has 1 unspecified atom stereocenters. The molecular weight excluding hydrogens is 266 g/mol. The SMILES string of the molecule is CCCCC(=O)N1CCCC2(C1)OC(=O)c1ccccc12. The number of piperidine rings is 1. The van der Waals surface area contributed by atoms with E-state index in [0.29, 0.717) is 18.5 Å². The molecule has 112 valence electrons. The van der Waals surface area contributed by atoms with Gasteiger partial charge in [-0.1, -0.05) is 31.5 Å². The van der Waals surface area contributed by atoms with Gasteiger partial charge in [0.2, 0.25) is 5.91 Å². The Hall–Kier alpha value is -1.84. The fraction of sp³-hybridized carbons (Fsp3) is 0.529. The second-order valence-electron chi connectivity index (χ2n) is 5.95. The van der Waals surface area contributed by atoms with E-state index < -0.39 is 5.60 Å². The molecule has 2 aliphatic rings. The predicted molar refractivity (Wildman–Crippen MR) is 78.9 cm³/mol. The van der Waals surface area contributed by atoms with E-state index in [9.17, 15) is 9.59 Å². The number of rotatable bonds is 3. The standard InChI is InChI=1S/C17H21NO3/c1-2-3-9-15(19)18-11-6-10-17(12-18)14-8-5-4-7-13(14)16(20)21-17/h4-5,7-8H,2-3,6,9-12H2,1H3. The Morgan fingerprint density at radius 3 is 3.00 bits per heavy atom. The number of carbonyl (C=O) groups is 2. The molecule has 4 heteroatoms. The highest BCUT2D eigenvalue weighted by molar-refractivity contribution is 5.95. The molecule has 0 N–H and O–H groups in total. The summed E-state index contributed by atoms with van der Waals surface area (Å²) < 4.78 is 5.71. The first kappa shape index (κ1) is 14.1. The lowest BCUT2D eigenvalue weighted by Crippen LogP contribution is -2.48. The number of hydrogen-bond donors (Lipinski definition) is 0. The van der Waals surface area contributed by atoms with Gasteiger partial charge >= 0.3 is 5.97 Å². The summed E-state index contributed by atoms with van der Waals surface area (Å²) in [5, 5.41) is 0. The zero-order valence-electron chi connectivity index (χ0n) is 12.4. The molecule has 0 bridgehead atoms. The van der Waals surface area contributed by atoms with Crippen molar-refractivity contribution in [2.45, 2.75) is 44.6 Å². The maximum Gasteiger partial charge on any atom is 0.339 e. The van der Waals surface area contributed by atoms with Crippen LogP contribution in [0.3, 0.4) is 0 Å². The van der Waals surface area contributed by atoms with Crippen molar-refractivity contribution in [3.05, 3.63) is 35.4 Å². The molecule has 2 aliphatic heterocycles. The largest absolute Gasteiger partial charge is 0.449 e. The molecule has 2 heterocycles. The van der Waals surface area contributed by atoms with Gasteiger partial charge in [0, 0.05) is 18.5 Å². The van der Waals surface area contributed by atoms with Crippen LogP contribution in [0.15, 0.2) is 24.3 Å². The maximum absolute atomic E-state index is 12.3. The number of ether oxygens (including phenoxy) is 1. The molecule has 1 amide bonds.